The third kappa shape index (κ3) is 2.51. The van der Waals surface area contributed by atoms with E-state index in [4.69, 9.17) is 10.5 Å². The molecule has 1 heterocycles. The van der Waals surface area contributed by atoms with Gasteiger partial charge in [0, 0.05) is 12.3 Å². The molecule has 3 heteroatoms. The Labute approximate surface area is 72.6 Å². The lowest BCUT2D eigenvalue weighted by molar-refractivity contribution is 0.397. The summed E-state index contributed by atoms with van der Waals surface area (Å²) in [5.41, 5.74) is 6.60. The Hall–Kier alpha value is -1.09. The van der Waals surface area contributed by atoms with Crippen molar-refractivity contribution in [2.45, 2.75) is 12.8 Å². The van der Waals surface area contributed by atoms with E-state index < -0.39 is 0 Å². The maximum Gasteiger partial charge on any atom is 0.212 e. The fourth-order valence-corrected chi connectivity index (χ4v) is 0.986. The molecule has 0 amide bonds. The van der Waals surface area contributed by atoms with Gasteiger partial charge in [0.15, 0.2) is 0 Å². The molecule has 2 N–H and O–H groups in total. The third-order valence-electron chi connectivity index (χ3n) is 1.68. The number of methoxy groups -OCH3 is 1. The van der Waals surface area contributed by atoms with Gasteiger partial charge in [-0.3, -0.25) is 0 Å². The van der Waals surface area contributed by atoms with Gasteiger partial charge in [0.25, 0.3) is 0 Å². The van der Waals surface area contributed by atoms with Crippen molar-refractivity contribution in [3.63, 3.8) is 0 Å². The molecular weight excluding hydrogens is 152 g/mol. The van der Waals surface area contributed by atoms with Crippen molar-refractivity contribution in [1.82, 2.24) is 4.98 Å². The van der Waals surface area contributed by atoms with Crippen LogP contribution >= 0.6 is 0 Å². The first-order valence-electron chi connectivity index (χ1n) is 4.06. The van der Waals surface area contributed by atoms with Crippen LogP contribution in [0.1, 0.15) is 12.0 Å². The summed E-state index contributed by atoms with van der Waals surface area (Å²) in [6.45, 7) is 0.728. The number of aromatic nitrogens is 1. The second-order valence-corrected chi connectivity index (χ2v) is 2.60. The summed E-state index contributed by atoms with van der Waals surface area (Å²) in [6.07, 6.45) is 3.83. The third-order valence-corrected chi connectivity index (χ3v) is 1.68. The van der Waals surface area contributed by atoms with Crippen LogP contribution in [-0.4, -0.2) is 18.6 Å². The summed E-state index contributed by atoms with van der Waals surface area (Å²) in [4.78, 5) is 4.09. The van der Waals surface area contributed by atoms with E-state index in [1.165, 1.54) is 5.56 Å². The molecule has 0 unspecified atom stereocenters. The highest BCUT2D eigenvalue weighted by Crippen LogP contribution is 2.07. The minimum Gasteiger partial charge on any atom is -0.481 e. The summed E-state index contributed by atoms with van der Waals surface area (Å²) in [5.74, 6) is 0.659. The molecule has 0 aliphatic heterocycles. The molecule has 3 nitrogen and oxygen atoms in total. The number of hydrogen-bond donors (Lipinski definition) is 1. The predicted octanol–water partition coefficient (Wildman–Crippen LogP) is 0.982. The van der Waals surface area contributed by atoms with Crippen molar-refractivity contribution < 1.29 is 4.74 Å². The normalized spacial score (nSPS) is 9.83. The van der Waals surface area contributed by atoms with Gasteiger partial charge in [-0.1, -0.05) is 6.07 Å². The Balaban J connectivity index is 2.53. The van der Waals surface area contributed by atoms with Crippen molar-refractivity contribution in [1.29, 1.82) is 0 Å². The van der Waals surface area contributed by atoms with Crippen molar-refractivity contribution in [2.24, 2.45) is 5.73 Å². The number of pyridine rings is 1. The fourth-order valence-electron chi connectivity index (χ4n) is 0.986. The highest BCUT2D eigenvalue weighted by molar-refractivity contribution is 5.17. The van der Waals surface area contributed by atoms with E-state index in [-0.39, 0.29) is 0 Å². The maximum absolute atomic E-state index is 5.39. The van der Waals surface area contributed by atoms with Crippen LogP contribution in [0.15, 0.2) is 18.3 Å². The molecule has 12 heavy (non-hydrogen) atoms. The van der Waals surface area contributed by atoms with Gasteiger partial charge in [0.05, 0.1) is 7.11 Å². The summed E-state index contributed by atoms with van der Waals surface area (Å²) < 4.78 is 4.94. The Bertz CT molecular complexity index is 220. The summed E-state index contributed by atoms with van der Waals surface area (Å²) in [5, 5.41) is 0. The standard InChI is InChI=1S/C9H14N2O/c1-12-9-5-4-8(7-11-9)3-2-6-10/h4-5,7H,2-3,6,10H2,1H3. The summed E-state index contributed by atoms with van der Waals surface area (Å²) in [7, 11) is 1.61. The van der Waals surface area contributed by atoms with E-state index in [2.05, 4.69) is 4.98 Å². The first kappa shape index (κ1) is 9.00. The molecule has 1 aromatic heterocycles. The van der Waals surface area contributed by atoms with Crippen molar-refractivity contribution in [3.05, 3.63) is 23.9 Å². The maximum atomic E-state index is 5.39. The zero-order valence-electron chi connectivity index (χ0n) is 7.29. The van der Waals surface area contributed by atoms with Crippen LogP contribution in [0.2, 0.25) is 0 Å². The van der Waals surface area contributed by atoms with Gasteiger partial charge in [-0.2, -0.15) is 0 Å². The van der Waals surface area contributed by atoms with Gasteiger partial charge in [0.1, 0.15) is 0 Å². The molecule has 0 saturated heterocycles. The predicted molar refractivity (Wildman–Crippen MR) is 48.2 cm³/mol. The average molecular weight is 166 g/mol. The van der Waals surface area contributed by atoms with Crippen molar-refractivity contribution in [3.8, 4) is 5.88 Å². The molecular formula is C9H14N2O. The van der Waals surface area contributed by atoms with Crippen LogP contribution < -0.4 is 10.5 Å². The number of hydrogen-bond acceptors (Lipinski definition) is 3. The Morgan fingerprint density at radius 1 is 1.50 bits per heavy atom. The summed E-state index contributed by atoms with van der Waals surface area (Å²) >= 11 is 0. The lowest BCUT2D eigenvalue weighted by atomic mass is 10.2. The second kappa shape index (κ2) is 4.72. The highest BCUT2D eigenvalue weighted by atomic mass is 16.5. The monoisotopic (exact) mass is 166 g/mol. The quantitative estimate of drug-likeness (QED) is 0.725. The van der Waals surface area contributed by atoms with Gasteiger partial charge in [-0.15, -0.1) is 0 Å². The number of rotatable bonds is 4. The number of nitrogens with zero attached hydrogens (tertiary/aromatic N) is 1. The van der Waals surface area contributed by atoms with Crippen LogP contribution in [0.25, 0.3) is 0 Å². The first-order chi connectivity index (χ1) is 5.86. The van der Waals surface area contributed by atoms with Crippen LogP contribution in [0.3, 0.4) is 0 Å². The minimum atomic E-state index is 0.659. The van der Waals surface area contributed by atoms with Gasteiger partial charge in [-0.05, 0) is 24.9 Å². The van der Waals surface area contributed by atoms with E-state index in [9.17, 15) is 0 Å². The minimum absolute atomic E-state index is 0.659. The molecule has 0 atom stereocenters. The van der Waals surface area contributed by atoms with E-state index in [0.717, 1.165) is 19.4 Å². The Kier molecular flexibility index (Phi) is 3.54. The molecule has 66 valence electrons. The molecule has 0 bridgehead atoms. The lowest BCUT2D eigenvalue weighted by Gasteiger charge is -2.00. The molecule has 0 aliphatic rings. The average Bonchev–Trinajstić information content (AvgIpc) is 2.15. The van der Waals surface area contributed by atoms with Gasteiger partial charge < -0.3 is 10.5 Å². The van der Waals surface area contributed by atoms with Gasteiger partial charge >= 0.3 is 0 Å². The van der Waals surface area contributed by atoms with Crippen LogP contribution in [-0.2, 0) is 6.42 Å². The molecule has 0 aromatic carbocycles. The zero-order valence-corrected chi connectivity index (χ0v) is 7.29. The van der Waals surface area contributed by atoms with E-state index in [1.54, 1.807) is 7.11 Å². The largest absolute Gasteiger partial charge is 0.481 e. The van der Waals surface area contributed by atoms with Crippen molar-refractivity contribution in [2.75, 3.05) is 13.7 Å². The molecule has 1 aromatic rings. The lowest BCUT2D eigenvalue weighted by Crippen LogP contribution is -2.00. The highest BCUT2D eigenvalue weighted by Gasteiger charge is 1.94. The van der Waals surface area contributed by atoms with Crippen LogP contribution in [0, 0.1) is 0 Å². The number of aryl methyl sites for hydroxylation is 1. The Morgan fingerprint density at radius 2 is 2.33 bits per heavy atom. The van der Waals surface area contributed by atoms with Crippen LogP contribution in [0.4, 0.5) is 0 Å². The first-order valence-corrected chi connectivity index (χ1v) is 4.06. The molecule has 0 saturated carbocycles. The van der Waals surface area contributed by atoms with Crippen molar-refractivity contribution >= 4 is 0 Å². The van der Waals surface area contributed by atoms with Gasteiger partial charge in [0.2, 0.25) is 5.88 Å². The number of nitrogens with two attached hydrogens (primary N) is 1. The molecule has 0 spiro atoms. The second-order valence-electron chi connectivity index (χ2n) is 2.60. The van der Waals surface area contributed by atoms with E-state index in [0.29, 0.717) is 5.88 Å². The molecule has 0 radical (unpaired) electrons. The van der Waals surface area contributed by atoms with E-state index in [1.807, 2.05) is 18.3 Å². The molecule has 1 rings (SSSR count). The topological polar surface area (TPSA) is 48.1 Å². The summed E-state index contributed by atoms with van der Waals surface area (Å²) in [6, 6.07) is 3.88. The van der Waals surface area contributed by atoms with Crippen LogP contribution in [0.5, 0.6) is 5.88 Å². The smallest absolute Gasteiger partial charge is 0.212 e. The van der Waals surface area contributed by atoms with Gasteiger partial charge in [-0.25, -0.2) is 4.98 Å². The SMILES string of the molecule is COc1ccc(CCCN)cn1. The Morgan fingerprint density at radius 3 is 2.83 bits per heavy atom. The molecule has 0 fully saturated rings. The van der Waals surface area contributed by atoms with E-state index >= 15 is 0 Å². The fraction of sp³-hybridized carbons (Fsp3) is 0.444. The zero-order chi connectivity index (χ0) is 8.81. The molecule has 0 aliphatic carbocycles. The number of ether oxygens (including phenoxy) is 1.